The number of amides is 2. The summed E-state index contributed by atoms with van der Waals surface area (Å²) in [6.07, 6.45) is 7.53. The summed E-state index contributed by atoms with van der Waals surface area (Å²) in [5.74, 6) is -0.212. The Morgan fingerprint density at radius 1 is 0.735 bits per heavy atom. The van der Waals surface area contributed by atoms with Gasteiger partial charge in [-0.15, -0.1) is 0 Å². The number of carbonyl (C=O) groups excluding carboxylic acids is 2. The lowest BCUT2D eigenvalue weighted by atomic mass is 9.93. The van der Waals surface area contributed by atoms with Gasteiger partial charge >= 0.3 is 0 Å². The van der Waals surface area contributed by atoms with E-state index in [-0.39, 0.29) is 17.9 Å². The molecule has 0 N–H and O–H groups in total. The number of hydrogen-bond acceptors (Lipinski definition) is 2. The highest BCUT2D eigenvalue weighted by Crippen LogP contribution is 2.41. The lowest BCUT2D eigenvalue weighted by Gasteiger charge is -2.37. The molecule has 4 rings (SSSR count). The largest absolute Gasteiger partial charge is 0.304 e. The summed E-state index contributed by atoms with van der Waals surface area (Å²) in [7, 11) is 0. The van der Waals surface area contributed by atoms with Crippen molar-refractivity contribution in [2.75, 3.05) is 9.80 Å². The Kier molecular flexibility index (Phi) is 6.78. The second kappa shape index (κ2) is 9.92. The molecule has 172 valence electrons. The maximum atomic E-state index is 13.5. The smallest absolute Gasteiger partial charge is 0.251 e. The van der Waals surface area contributed by atoms with Gasteiger partial charge in [0.2, 0.25) is 0 Å². The van der Waals surface area contributed by atoms with E-state index in [0.717, 1.165) is 22.5 Å². The van der Waals surface area contributed by atoms with Crippen LogP contribution in [0.15, 0.2) is 97.1 Å². The first-order valence-corrected chi connectivity index (χ1v) is 11.6. The average Bonchev–Trinajstić information content (AvgIpc) is 2.92. The highest BCUT2D eigenvalue weighted by Gasteiger charge is 2.40. The molecule has 3 aromatic rings. The first kappa shape index (κ1) is 23.2. The maximum absolute atomic E-state index is 13.5. The van der Waals surface area contributed by atoms with Crippen molar-refractivity contribution in [1.82, 2.24) is 0 Å². The first-order valence-electron chi connectivity index (χ1n) is 11.6. The van der Waals surface area contributed by atoms with Gasteiger partial charge in [0.25, 0.3) is 11.8 Å². The van der Waals surface area contributed by atoms with Crippen LogP contribution in [0.2, 0.25) is 0 Å². The molecular weight excluding hydrogens is 420 g/mol. The van der Waals surface area contributed by atoms with Crippen LogP contribution < -0.4 is 9.80 Å². The van der Waals surface area contributed by atoms with Gasteiger partial charge in [-0.2, -0.15) is 0 Å². The summed E-state index contributed by atoms with van der Waals surface area (Å²) in [4.78, 5) is 30.6. The van der Waals surface area contributed by atoms with Crippen molar-refractivity contribution in [1.29, 1.82) is 0 Å². The zero-order valence-electron chi connectivity index (χ0n) is 19.9. The van der Waals surface area contributed by atoms with E-state index in [0.29, 0.717) is 6.42 Å². The molecule has 4 heteroatoms. The molecular formula is C30H30N2O2. The Labute approximate surface area is 201 Å². The maximum Gasteiger partial charge on any atom is 0.251 e. The molecule has 3 aromatic carbocycles. The quantitative estimate of drug-likeness (QED) is 0.435. The molecule has 0 saturated carbocycles. The van der Waals surface area contributed by atoms with Crippen molar-refractivity contribution >= 4 is 35.3 Å². The molecule has 0 fully saturated rings. The van der Waals surface area contributed by atoms with E-state index in [9.17, 15) is 9.59 Å². The molecule has 0 spiro atoms. The van der Waals surface area contributed by atoms with Crippen LogP contribution in [0.5, 0.6) is 0 Å². The second-order valence-electron chi connectivity index (χ2n) is 9.22. The van der Waals surface area contributed by atoms with Gasteiger partial charge in [-0.05, 0) is 62.6 Å². The van der Waals surface area contributed by atoms with Crippen molar-refractivity contribution in [2.24, 2.45) is 0 Å². The third-order valence-corrected chi connectivity index (χ3v) is 6.12. The molecule has 1 aliphatic rings. The number of carbonyl (C=O) groups is 2. The summed E-state index contributed by atoms with van der Waals surface area (Å²) < 4.78 is 0. The van der Waals surface area contributed by atoms with Crippen LogP contribution in [-0.2, 0) is 9.59 Å². The van der Waals surface area contributed by atoms with Crippen LogP contribution in [0.4, 0.5) is 11.4 Å². The second-order valence-corrected chi connectivity index (χ2v) is 9.22. The number of nitrogens with zero attached hydrogens (tertiary/aromatic N) is 2. The summed E-state index contributed by atoms with van der Waals surface area (Å²) >= 11 is 0. The normalized spacial score (nSPS) is 17.6. The van der Waals surface area contributed by atoms with Gasteiger partial charge in [-0.1, -0.05) is 72.8 Å². The molecule has 1 heterocycles. The fraction of sp³-hybridized carbons (Fsp3) is 0.200. The summed E-state index contributed by atoms with van der Waals surface area (Å²) in [5, 5.41) is 0. The van der Waals surface area contributed by atoms with E-state index in [1.165, 1.54) is 0 Å². The lowest BCUT2D eigenvalue weighted by Crippen LogP contribution is -2.49. The van der Waals surface area contributed by atoms with Crippen LogP contribution in [0, 0.1) is 0 Å². The van der Waals surface area contributed by atoms with Gasteiger partial charge in [-0.3, -0.25) is 9.59 Å². The summed E-state index contributed by atoms with van der Waals surface area (Å²) in [6, 6.07) is 27.1. The Bertz CT molecular complexity index is 1210. The average molecular weight is 451 g/mol. The van der Waals surface area contributed by atoms with Crippen molar-refractivity contribution < 1.29 is 9.59 Å². The van der Waals surface area contributed by atoms with E-state index in [2.05, 4.69) is 13.8 Å². The Morgan fingerprint density at radius 2 is 1.21 bits per heavy atom. The van der Waals surface area contributed by atoms with E-state index >= 15 is 0 Å². The van der Waals surface area contributed by atoms with E-state index in [1.807, 2.05) is 114 Å². The molecule has 4 nitrogen and oxygen atoms in total. The zero-order valence-corrected chi connectivity index (χ0v) is 19.9. The van der Waals surface area contributed by atoms with Crippen LogP contribution >= 0.6 is 0 Å². The zero-order chi connectivity index (χ0) is 24.1. The van der Waals surface area contributed by atoms with Crippen LogP contribution in [0.3, 0.4) is 0 Å². The predicted octanol–water partition coefficient (Wildman–Crippen LogP) is 6.35. The Balaban J connectivity index is 1.71. The lowest BCUT2D eigenvalue weighted by molar-refractivity contribution is -0.115. The number of benzene rings is 3. The van der Waals surface area contributed by atoms with Crippen molar-refractivity contribution in [3.05, 3.63) is 108 Å². The van der Waals surface area contributed by atoms with Crippen LogP contribution in [0.1, 0.15) is 38.3 Å². The third-order valence-electron chi connectivity index (χ3n) is 6.12. The number of rotatable bonds is 4. The molecule has 0 aromatic heterocycles. The molecule has 1 atom stereocenters. The van der Waals surface area contributed by atoms with Crippen molar-refractivity contribution in [3.63, 3.8) is 0 Å². The number of hydrogen-bond donors (Lipinski definition) is 0. The molecule has 0 bridgehead atoms. The molecule has 0 radical (unpaired) electrons. The van der Waals surface area contributed by atoms with Gasteiger partial charge in [0.05, 0.1) is 11.4 Å². The standard InChI is InChI=1S/C30H30N2O2/c1-23-22-30(2,3)32(29(34)21-19-25-14-8-5-9-15-25)27-17-11-10-16-26(27)31(23)28(33)20-18-24-12-6-4-7-13-24/h4-21,23H,22H2,1-3H3/b20-18+,21-19+. The first-order chi connectivity index (χ1) is 16.4. The monoisotopic (exact) mass is 450 g/mol. The van der Waals surface area contributed by atoms with E-state index < -0.39 is 5.54 Å². The summed E-state index contributed by atoms with van der Waals surface area (Å²) in [5.41, 5.74) is 2.92. The minimum atomic E-state index is -0.494. The van der Waals surface area contributed by atoms with Gasteiger partial charge in [-0.25, -0.2) is 0 Å². The van der Waals surface area contributed by atoms with E-state index in [4.69, 9.17) is 0 Å². The highest BCUT2D eigenvalue weighted by atomic mass is 16.2. The van der Waals surface area contributed by atoms with Crippen molar-refractivity contribution in [2.45, 2.75) is 38.8 Å². The van der Waals surface area contributed by atoms with Crippen molar-refractivity contribution in [3.8, 4) is 0 Å². The van der Waals surface area contributed by atoms with E-state index in [1.54, 1.807) is 12.2 Å². The van der Waals surface area contributed by atoms with Gasteiger partial charge in [0, 0.05) is 23.7 Å². The van der Waals surface area contributed by atoms with Gasteiger partial charge < -0.3 is 9.80 Å². The molecule has 0 aliphatic carbocycles. The number of para-hydroxylation sites is 2. The topological polar surface area (TPSA) is 40.6 Å². The van der Waals surface area contributed by atoms with Crippen LogP contribution in [0.25, 0.3) is 12.2 Å². The molecule has 1 unspecified atom stereocenters. The van der Waals surface area contributed by atoms with Gasteiger partial charge in [0.1, 0.15) is 0 Å². The SMILES string of the molecule is CC1CC(C)(C)N(C(=O)/C=C/c2ccccc2)c2ccccc2N1C(=O)/C=C/c1ccccc1. The number of anilines is 2. The fourth-order valence-corrected chi connectivity index (χ4v) is 4.70. The Hall–Kier alpha value is -3.92. The third kappa shape index (κ3) is 5.01. The molecule has 2 amide bonds. The highest BCUT2D eigenvalue weighted by molar-refractivity contribution is 6.11. The van der Waals surface area contributed by atoms with Gasteiger partial charge in [0.15, 0.2) is 0 Å². The minimum absolute atomic E-state index is 0.0972. The molecule has 0 saturated heterocycles. The number of fused-ring (bicyclic) bond motifs is 1. The predicted molar refractivity (Wildman–Crippen MR) is 141 cm³/mol. The Morgan fingerprint density at radius 3 is 1.76 bits per heavy atom. The van der Waals surface area contributed by atoms with Crippen LogP contribution in [-0.4, -0.2) is 23.4 Å². The molecule has 1 aliphatic heterocycles. The fourth-order valence-electron chi connectivity index (χ4n) is 4.70. The molecule has 34 heavy (non-hydrogen) atoms. The summed E-state index contributed by atoms with van der Waals surface area (Å²) in [6.45, 7) is 6.16. The minimum Gasteiger partial charge on any atom is -0.304 e.